The van der Waals surface area contributed by atoms with Crippen molar-refractivity contribution in [3.05, 3.63) is 41.8 Å². The fourth-order valence-corrected chi connectivity index (χ4v) is 3.45. The maximum Gasteiger partial charge on any atom is 0.334 e. The Hall–Kier alpha value is -1.94. The van der Waals surface area contributed by atoms with Gasteiger partial charge in [-0.2, -0.15) is 8.42 Å². The van der Waals surface area contributed by atoms with E-state index >= 15 is 0 Å². The molecule has 0 bridgehead atoms. The van der Waals surface area contributed by atoms with Crippen LogP contribution in [-0.2, 0) is 26.0 Å². The first-order chi connectivity index (χ1) is 9.67. The number of halogens is 1. The van der Waals surface area contributed by atoms with Gasteiger partial charge >= 0.3 is 10.2 Å². The normalized spacial score (nSPS) is 12.3. The van der Waals surface area contributed by atoms with Crippen LogP contribution in [0.1, 0.15) is 11.5 Å². The smallest absolute Gasteiger partial charge is 0.334 e. The zero-order chi connectivity index (χ0) is 15.7. The van der Waals surface area contributed by atoms with E-state index in [1.807, 2.05) is 4.72 Å². The largest absolute Gasteiger partial charge is 0.361 e. The minimum Gasteiger partial charge on any atom is -0.361 e. The highest BCUT2D eigenvalue weighted by Crippen LogP contribution is 2.24. The van der Waals surface area contributed by atoms with E-state index in [0.29, 0.717) is 5.76 Å². The molecule has 2 aromatic rings. The van der Waals surface area contributed by atoms with Crippen LogP contribution in [0, 0.1) is 6.92 Å². The molecule has 1 aromatic carbocycles. The van der Waals surface area contributed by atoms with Crippen LogP contribution in [0.3, 0.4) is 0 Å². The van der Waals surface area contributed by atoms with E-state index in [9.17, 15) is 20.7 Å². The molecule has 1 heterocycles. The second-order valence-corrected chi connectivity index (χ2v) is 7.26. The topological polar surface area (TPSA) is 106 Å². The Morgan fingerprint density at radius 1 is 1.24 bits per heavy atom. The van der Waals surface area contributed by atoms with E-state index in [2.05, 4.69) is 5.16 Å². The van der Waals surface area contributed by atoms with Gasteiger partial charge in [-0.15, -0.1) is 3.89 Å². The van der Waals surface area contributed by atoms with Crippen molar-refractivity contribution in [2.45, 2.75) is 17.6 Å². The van der Waals surface area contributed by atoms with Gasteiger partial charge in [0.15, 0.2) is 0 Å². The molecule has 10 heteroatoms. The Bertz CT molecular complexity index is 858. The van der Waals surface area contributed by atoms with E-state index in [1.54, 1.807) is 6.92 Å². The van der Waals surface area contributed by atoms with E-state index in [0.717, 1.165) is 12.1 Å². The summed E-state index contributed by atoms with van der Waals surface area (Å²) in [4.78, 5) is -0.745. The fraction of sp³-hybridized carbons (Fsp3) is 0.182. The molecule has 0 saturated heterocycles. The Labute approximate surface area is 121 Å². The molecule has 0 spiro atoms. The molecule has 0 amide bonds. The van der Waals surface area contributed by atoms with Crippen LogP contribution in [0.2, 0.25) is 0 Å². The lowest BCUT2D eigenvalue weighted by Crippen LogP contribution is -2.16. The minimum atomic E-state index is -5.04. The number of rotatable bonds is 5. The summed E-state index contributed by atoms with van der Waals surface area (Å²) in [6, 6.07) is 6.21. The predicted molar refractivity (Wildman–Crippen MR) is 72.2 cm³/mol. The number of aryl methyl sites for hydroxylation is 1. The van der Waals surface area contributed by atoms with Gasteiger partial charge in [-0.05, 0) is 19.1 Å². The lowest BCUT2D eigenvalue weighted by atomic mass is 10.3. The molecule has 7 nitrogen and oxygen atoms in total. The van der Waals surface area contributed by atoms with Gasteiger partial charge in [-0.25, -0.2) is 8.42 Å². The second kappa shape index (κ2) is 5.45. The molecule has 0 saturated carbocycles. The molecule has 0 aliphatic heterocycles. The van der Waals surface area contributed by atoms with Crippen LogP contribution in [-0.4, -0.2) is 22.0 Å². The summed E-state index contributed by atoms with van der Waals surface area (Å²) >= 11 is 0. The van der Waals surface area contributed by atoms with Gasteiger partial charge in [0.25, 0.3) is 0 Å². The number of nitrogens with one attached hydrogen (secondary N) is 1. The molecule has 114 valence electrons. The predicted octanol–water partition coefficient (Wildman–Crippen LogP) is 1.58. The number of aromatic nitrogens is 1. The van der Waals surface area contributed by atoms with Crippen LogP contribution < -0.4 is 4.72 Å². The average molecular weight is 334 g/mol. The number of sulfonamides is 1. The maximum absolute atomic E-state index is 13.1. The van der Waals surface area contributed by atoms with Crippen molar-refractivity contribution in [2.24, 2.45) is 0 Å². The minimum absolute atomic E-state index is 0.153. The number of hydrogen-bond acceptors (Lipinski definition) is 6. The summed E-state index contributed by atoms with van der Waals surface area (Å²) in [5, 5.41) is 3.53. The zero-order valence-corrected chi connectivity index (χ0v) is 12.4. The monoisotopic (exact) mass is 334 g/mol. The Balaban J connectivity index is 2.29. The molecule has 0 fully saturated rings. The van der Waals surface area contributed by atoms with Gasteiger partial charge < -0.3 is 4.52 Å². The van der Waals surface area contributed by atoms with E-state index in [1.165, 1.54) is 18.2 Å². The van der Waals surface area contributed by atoms with Gasteiger partial charge in [-0.1, -0.05) is 17.3 Å². The maximum atomic E-state index is 13.1. The summed E-state index contributed by atoms with van der Waals surface area (Å²) < 4.78 is 65.7. The molecule has 2 rings (SSSR count). The van der Waals surface area contributed by atoms with Crippen LogP contribution in [0.15, 0.2) is 39.8 Å². The molecule has 21 heavy (non-hydrogen) atoms. The third-order valence-corrected chi connectivity index (χ3v) is 4.52. The fourth-order valence-electron chi connectivity index (χ4n) is 1.65. The summed E-state index contributed by atoms with van der Waals surface area (Å²) in [6.07, 6.45) is 0. The molecular weight excluding hydrogens is 323 g/mol. The Morgan fingerprint density at radius 2 is 1.90 bits per heavy atom. The first-order valence-corrected chi connectivity index (χ1v) is 8.67. The number of anilines is 1. The van der Waals surface area contributed by atoms with Crippen molar-refractivity contribution in [3.8, 4) is 0 Å². The van der Waals surface area contributed by atoms with Gasteiger partial charge in [0.05, 0.1) is 5.69 Å². The lowest BCUT2D eigenvalue weighted by molar-refractivity contribution is 0.392. The van der Waals surface area contributed by atoms with Crippen LogP contribution >= 0.6 is 0 Å². The van der Waals surface area contributed by atoms with Crippen molar-refractivity contribution in [1.82, 2.24) is 5.16 Å². The second-order valence-electron chi connectivity index (χ2n) is 4.22. The molecule has 0 aliphatic carbocycles. The van der Waals surface area contributed by atoms with Crippen LogP contribution in [0.5, 0.6) is 0 Å². The van der Waals surface area contributed by atoms with Crippen LogP contribution in [0.25, 0.3) is 0 Å². The highest BCUT2D eigenvalue weighted by molar-refractivity contribution is 7.92. The summed E-state index contributed by atoms with van der Waals surface area (Å²) in [7, 11) is -9.00. The molecule has 0 unspecified atom stereocenters. The first kappa shape index (κ1) is 15.4. The summed E-state index contributed by atoms with van der Waals surface area (Å²) in [5.41, 5.74) is -0.208. The Kier molecular flexibility index (Phi) is 4.01. The molecular formula is C11H11FN2O5S2. The van der Waals surface area contributed by atoms with Crippen LogP contribution in [0.4, 0.5) is 9.57 Å². The first-order valence-electron chi connectivity index (χ1n) is 5.64. The number of nitrogens with zero attached hydrogens (tertiary/aromatic N) is 1. The highest BCUT2D eigenvalue weighted by atomic mass is 32.3. The van der Waals surface area contributed by atoms with E-state index in [-0.39, 0.29) is 11.4 Å². The van der Waals surface area contributed by atoms with Gasteiger partial charge in [-0.3, -0.25) is 4.72 Å². The molecule has 0 aliphatic rings. The van der Waals surface area contributed by atoms with Gasteiger partial charge in [0, 0.05) is 6.07 Å². The average Bonchev–Trinajstić information content (AvgIpc) is 2.72. The highest BCUT2D eigenvalue weighted by Gasteiger charge is 2.21. The lowest BCUT2D eigenvalue weighted by Gasteiger charge is -2.09. The standard InChI is InChI=1S/C11H11FN2O5S2/c1-8-6-9(13-19-8)7-20(15,16)14-10-4-2-3-5-11(10)21(12,17)18/h2-6,14H,7H2,1H3. The third kappa shape index (κ3) is 4.02. The van der Waals surface area contributed by atoms with Crippen molar-refractivity contribution in [3.63, 3.8) is 0 Å². The van der Waals surface area contributed by atoms with Crippen molar-refractivity contribution in [1.29, 1.82) is 0 Å². The third-order valence-electron chi connectivity index (χ3n) is 2.43. The van der Waals surface area contributed by atoms with E-state index in [4.69, 9.17) is 4.52 Å². The number of hydrogen-bond donors (Lipinski definition) is 1. The quantitative estimate of drug-likeness (QED) is 0.832. The SMILES string of the molecule is Cc1cc(CS(=O)(=O)Nc2ccccc2S(=O)(=O)F)no1. The van der Waals surface area contributed by atoms with Crippen molar-refractivity contribution < 1.29 is 25.2 Å². The Morgan fingerprint density at radius 3 is 2.48 bits per heavy atom. The van der Waals surface area contributed by atoms with Gasteiger partial charge in [0.2, 0.25) is 10.0 Å². The number of benzene rings is 1. The zero-order valence-electron chi connectivity index (χ0n) is 10.8. The number of para-hydroxylation sites is 1. The van der Waals surface area contributed by atoms with Gasteiger partial charge in [0.1, 0.15) is 22.1 Å². The summed E-state index contributed by atoms with van der Waals surface area (Å²) in [5.74, 6) is -0.0858. The molecule has 0 radical (unpaired) electrons. The van der Waals surface area contributed by atoms with Crippen molar-refractivity contribution in [2.75, 3.05) is 4.72 Å². The molecule has 1 N–H and O–H groups in total. The van der Waals surface area contributed by atoms with Crippen molar-refractivity contribution >= 4 is 25.9 Å². The molecule has 0 atom stereocenters. The molecule has 1 aromatic heterocycles. The van der Waals surface area contributed by atoms with E-state index < -0.39 is 30.9 Å². The summed E-state index contributed by atoms with van der Waals surface area (Å²) in [6.45, 7) is 1.60.